The molecule has 0 atom stereocenters. The van der Waals surface area contributed by atoms with Crippen LogP contribution in [-0.2, 0) is 16.6 Å². The van der Waals surface area contributed by atoms with Crippen LogP contribution >= 0.6 is 0 Å². The van der Waals surface area contributed by atoms with Crippen molar-refractivity contribution in [2.75, 3.05) is 10.5 Å². The fourth-order valence-corrected chi connectivity index (χ4v) is 3.96. The van der Waals surface area contributed by atoms with Gasteiger partial charge in [-0.3, -0.25) is 9.52 Å². The Morgan fingerprint density at radius 3 is 2.58 bits per heavy atom. The zero-order valence-electron chi connectivity index (χ0n) is 16.3. The molecule has 158 valence electrons. The number of amides is 1. The SMILES string of the molecule is Cc1ccc(C(=O)NCc2ncc(C#N)c(N)n2)cc1S(=O)(=O)Nc1ccc(F)cc1. The third-order valence-electron chi connectivity index (χ3n) is 4.23. The number of nitrogen functional groups attached to an aromatic ring is 1. The van der Waals surface area contributed by atoms with E-state index >= 15 is 0 Å². The van der Waals surface area contributed by atoms with Gasteiger partial charge >= 0.3 is 0 Å². The van der Waals surface area contributed by atoms with Gasteiger partial charge in [0.15, 0.2) is 0 Å². The number of halogens is 1. The molecule has 0 spiro atoms. The van der Waals surface area contributed by atoms with Crippen molar-refractivity contribution in [1.82, 2.24) is 15.3 Å². The standard InChI is InChI=1S/C20H17FN6O3S/c1-12-2-3-13(20(28)25-11-18-24-10-14(9-22)19(23)26-18)8-17(12)31(29,30)27-16-6-4-15(21)5-7-16/h2-8,10,27H,11H2,1H3,(H,25,28)(H2,23,24,26). The summed E-state index contributed by atoms with van der Waals surface area (Å²) in [7, 11) is -4.02. The molecular formula is C20H17FN6O3S. The fourth-order valence-electron chi connectivity index (χ4n) is 2.62. The number of hydrogen-bond donors (Lipinski definition) is 3. The molecule has 4 N–H and O–H groups in total. The normalized spacial score (nSPS) is 10.9. The Morgan fingerprint density at radius 1 is 1.23 bits per heavy atom. The lowest BCUT2D eigenvalue weighted by molar-refractivity contribution is 0.0949. The van der Waals surface area contributed by atoms with Crippen molar-refractivity contribution in [2.45, 2.75) is 18.4 Å². The van der Waals surface area contributed by atoms with Crippen molar-refractivity contribution >= 4 is 27.4 Å². The molecule has 1 aromatic heterocycles. The van der Waals surface area contributed by atoms with E-state index in [1.165, 1.54) is 36.5 Å². The Labute approximate surface area is 177 Å². The number of carbonyl (C=O) groups is 1. The molecule has 3 aromatic rings. The highest BCUT2D eigenvalue weighted by molar-refractivity contribution is 7.92. The van der Waals surface area contributed by atoms with Crippen molar-refractivity contribution in [3.8, 4) is 6.07 Å². The van der Waals surface area contributed by atoms with Crippen molar-refractivity contribution < 1.29 is 17.6 Å². The highest BCUT2D eigenvalue weighted by atomic mass is 32.2. The summed E-state index contributed by atoms with van der Waals surface area (Å²) in [6.07, 6.45) is 1.25. The van der Waals surface area contributed by atoms with Crippen LogP contribution in [0.4, 0.5) is 15.9 Å². The summed E-state index contributed by atoms with van der Waals surface area (Å²) in [6.45, 7) is 1.52. The average molecular weight is 440 g/mol. The molecule has 2 aromatic carbocycles. The summed E-state index contributed by atoms with van der Waals surface area (Å²) in [4.78, 5) is 20.3. The number of nitrogens with zero attached hydrogens (tertiary/aromatic N) is 3. The molecule has 0 fully saturated rings. The summed E-state index contributed by atoms with van der Waals surface area (Å²) in [5, 5.41) is 11.4. The predicted molar refractivity (Wildman–Crippen MR) is 111 cm³/mol. The van der Waals surface area contributed by atoms with Gasteiger partial charge in [-0.2, -0.15) is 5.26 Å². The van der Waals surface area contributed by atoms with Crippen molar-refractivity contribution in [3.05, 3.63) is 77.0 Å². The number of benzene rings is 2. The van der Waals surface area contributed by atoms with E-state index in [2.05, 4.69) is 20.0 Å². The maximum atomic E-state index is 13.1. The molecule has 0 bridgehead atoms. The van der Waals surface area contributed by atoms with Crippen molar-refractivity contribution in [1.29, 1.82) is 5.26 Å². The molecule has 31 heavy (non-hydrogen) atoms. The Bertz CT molecular complexity index is 1290. The lowest BCUT2D eigenvalue weighted by Crippen LogP contribution is -2.25. The fraction of sp³-hybridized carbons (Fsp3) is 0.100. The van der Waals surface area contributed by atoms with Gasteiger partial charge in [0.2, 0.25) is 0 Å². The minimum atomic E-state index is -4.02. The molecular weight excluding hydrogens is 423 g/mol. The van der Waals surface area contributed by atoms with Gasteiger partial charge < -0.3 is 11.1 Å². The van der Waals surface area contributed by atoms with E-state index in [0.29, 0.717) is 5.56 Å². The molecule has 9 nitrogen and oxygen atoms in total. The van der Waals surface area contributed by atoms with Crippen LogP contribution in [0.1, 0.15) is 27.3 Å². The van der Waals surface area contributed by atoms with Crippen LogP contribution in [0.5, 0.6) is 0 Å². The van der Waals surface area contributed by atoms with E-state index in [0.717, 1.165) is 12.1 Å². The lowest BCUT2D eigenvalue weighted by Gasteiger charge is -2.12. The Morgan fingerprint density at radius 2 is 1.94 bits per heavy atom. The number of nitrogens with one attached hydrogen (secondary N) is 2. The molecule has 1 amide bonds. The molecule has 0 saturated heterocycles. The number of hydrogen-bond acceptors (Lipinski definition) is 7. The number of carbonyl (C=O) groups excluding carboxylic acids is 1. The first kappa shape index (κ1) is 21.7. The topological polar surface area (TPSA) is 151 Å². The Hall–Kier alpha value is -4.04. The number of sulfonamides is 1. The predicted octanol–water partition coefficient (Wildman–Crippen LogP) is 2.11. The van der Waals surface area contributed by atoms with E-state index in [4.69, 9.17) is 11.0 Å². The monoisotopic (exact) mass is 440 g/mol. The second kappa shape index (κ2) is 8.76. The van der Waals surface area contributed by atoms with Crippen LogP contribution in [0, 0.1) is 24.1 Å². The van der Waals surface area contributed by atoms with E-state index in [1.54, 1.807) is 6.92 Å². The first-order valence-electron chi connectivity index (χ1n) is 8.88. The van der Waals surface area contributed by atoms with Crippen LogP contribution in [0.3, 0.4) is 0 Å². The molecule has 0 aliphatic carbocycles. The van der Waals surface area contributed by atoms with Gasteiger partial charge in [-0.15, -0.1) is 0 Å². The Balaban J connectivity index is 1.78. The third-order valence-corrected chi connectivity index (χ3v) is 5.76. The van der Waals surface area contributed by atoms with Crippen LogP contribution < -0.4 is 15.8 Å². The molecule has 1 heterocycles. The second-order valence-electron chi connectivity index (χ2n) is 6.47. The Kier molecular flexibility index (Phi) is 6.12. The number of rotatable bonds is 6. The number of aromatic nitrogens is 2. The highest BCUT2D eigenvalue weighted by Gasteiger charge is 2.19. The largest absolute Gasteiger partial charge is 0.382 e. The number of nitrogens with two attached hydrogens (primary N) is 1. The first-order chi connectivity index (χ1) is 14.7. The van der Waals surface area contributed by atoms with Gasteiger partial charge in [0.25, 0.3) is 15.9 Å². The molecule has 0 radical (unpaired) electrons. The number of aryl methyl sites for hydroxylation is 1. The van der Waals surface area contributed by atoms with Crippen molar-refractivity contribution in [3.63, 3.8) is 0 Å². The van der Waals surface area contributed by atoms with Crippen LogP contribution in [-0.4, -0.2) is 24.3 Å². The lowest BCUT2D eigenvalue weighted by atomic mass is 10.1. The second-order valence-corrected chi connectivity index (χ2v) is 8.12. The average Bonchev–Trinajstić information content (AvgIpc) is 2.74. The summed E-state index contributed by atoms with van der Waals surface area (Å²) in [5.41, 5.74) is 6.46. The van der Waals surface area contributed by atoms with Gasteiger partial charge in [0.1, 0.15) is 29.1 Å². The summed E-state index contributed by atoms with van der Waals surface area (Å²) >= 11 is 0. The maximum Gasteiger partial charge on any atom is 0.262 e. The summed E-state index contributed by atoms with van der Waals surface area (Å²) < 4.78 is 40.9. The molecule has 0 aliphatic rings. The minimum absolute atomic E-state index is 0.00247. The zero-order chi connectivity index (χ0) is 22.6. The third kappa shape index (κ3) is 5.12. The summed E-state index contributed by atoms with van der Waals surface area (Å²) in [5.74, 6) is -0.851. The van der Waals surface area contributed by atoms with Gasteiger partial charge in [0.05, 0.1) is 17.6 Å². The van der Waals surface area contributed by atoms with Crippen LogP contribution in [0.25, 0.3) is 0 Å². The van der Waals surface area contributed by atoms with E-state index < -0.39 is 21.7 Å². The van der Waals surface area contributed by atoms with E-state index in [1.807, 2.05) is 6.07 Å². The molecule has 0 unspecified atom stereocenters. The smallest absolute Gasteiger partial charge is 0.262 e. The van der Waals surface area contributed by atoms with Gasteiger partial charge in [-0.25, -0.2) is 22.8 Å². The quantitative estimate of drug-likeness (QED) is 0.531. The molecule has 3 rings (SSSR count). The summed E-state index contributed by atoms with van der Waals surface area (Å²) in [6, 6.07) is 10.9. The molecule has 11 heteroatoms. The van der Waals surface area contributed by atoms with E-state index in [-0.39, 0.29) is 39.9 Å². The minimum Gasteiger partial charge on any atom is -0.382 e. The highest BCUT2D eigenvalue weighted by Crippen LogP contribution is 2.21. The van der Waals surface area contributed by atoms with Gasteiger partial charge in [-0.1, -0.05) is 6.07 Å². The van der Waals surface area contributed by atoms with Crippen molar-refractivity contribution in [2.24, 2.45) is 0 Å². The van der Waals surface area contributed by atoms with Crippen LogP contribution in [0.2, 0.25) is 0 Å². The molecule has 0 aliphatic heterocycles. The van der Waals surface area contributed by atoms with E-state index in [9.17, 15) is 17.6 Å². The van der Waals surface area contributed by atoms with Gasteiger partial charge in [0, 0.05) is 11.3 Å². The first-order valence-corrected chi connectivity index (χ1v) is 10.4. The number of nitriles is 1. The molecule has 0 saturated carbocycles. The van der Waals surface area contributed by atoms with Crippen LogP contribution in [0.15, 0.2) is 53.6 Å². The number of anilines is 2. The van der Waals surface area contributed by atoms with Gasteiger partial charge in [-0.05, 0) is 48.9 Å². The zero-order valence-corrected chi connectivity index (χ0v) is 17.1. The maximum absolute atomic E-state index is 13.1.